The maximum atomic E-state index is 13.4. The Hall–Kier alpha value is -2.98. The molecule has 1 N–H and O–H groups in total. The van der Waals surface area contributed by atoms with Gasteiger partial charge in [0.25, 0.3) is 5.56 Å². The topological polar surface area (TPSA) is 72.3 Å². The Morgan fingerprint density at radius 3 is 2.37 bits per heavy atom. The molecule has 10 heteroatoms. The fraction of sp³-hybridized carbons (Fsp3) is 0.480. The van der Waals surface area contributed by atoms with Gasteiger partial charge in [-0.25, -0.2) is 4.98 Å². The zero-order chi connectivity index (χ0) is 25.3. The summed E-state index contributed by atoms with van der Waals surface area (Å²) >= 11 is 0. The van der Waals surface area contributed by atoms with Crippen molar-refractivity contribution in [1.82, 2.24) is 19.4 Å². The standard InChI is InChI=1S/C25H30F3N5O2/c1-15-12-32(13-16(2)35-15)14-19-5-7-20(8-6-19)17(3)30-24-29-11-21-9-10-22(34)33(23(21)31-24)18(4)25(26,27)28/h5-11,15-18H,12-14H2,1-4H3,(H,29,30,31)/t15-,16+,17?,18?. The van der Waals surface area contributed by atoms with Gasteiger partial charge in [0.05, 0.1) is 18.2 Å². The van der Waals surface area contributed by atoms with Crippen LogP contribution in [0.3, 0.4) is 0 Å². The maximum absolute atomic E-state index is 13.4. The summed E-state index contributed by atoms with van der Waals surface area (Å²) in [5.41, 5.74) is 1.35. The van der Waals surface area contributed by atoms with E-state index in [9.17, 15) is 18.0 Å². The van der Waals surface area contributed by atoms with Gasteiger partial charge < -0.3 is 10.1 Å². The van der Waals surface area contributed by atoms with Crippen LogP contribution in [0.5, 0.6) is 0 Å². The Balaban J connectivity index is 1.50. The second kappa shape index (κ2) is 9.94. The first-order valence-corrected chi connectivity index (χ1v) is 11.7. The molecule has 1 saturated heterocycles. The highest BCUT2D eigenvalue weighted by Gasteiger charge is 2.38. The molecule has 4 rings (SSSR count). The first kappa shape index (κ1) is 25.1. The summed E-state index contributed by atoms with van der Waals surface area (Å²) in [5, 5.41) is 3.50. The maximum Gasteiger partial charge on any atom is 0.409 e. The van der Waals surface area contributed by atoms with Gasteiger partial charge in [-0.1, -0.05) is 24.3 Å². The quantitative estimate of drug-likeness (QED) is 0.541. The SMILES string of the molecule is CC(Nc1ncc2ccc(=O)n(C(C)C(F)(F)F)c2n1)c1ccc(CN2C[C@@H](C)O[C@@H](C)C2)cc1. The second-order valence-corrected chi connectivity index (χ2v) is 9.29. The lowest BCUT2D eigenvalue weighted by Gasteiger charge is -2.35. The summed E-state index contributed by atoms with van der Waals surface area (Å²) in [6, 6.07) is 8.50. The Morgan fingerprint density at radius 1 is 1.09 bits per heavy atom. The Kier molecular flexibility index (Phi) is 7.14. The van der Waals surface area contributed by atoms with Crippen molar-refractivity contribution in [2.75, 3.05) is 18.4 Å². The third-order valence-corrected chi connectivity index (χ3v) is 6.25. The smallest absolute Gasteiger partial charge is 0.373 e. The summed E-state index contributed by atoms with van der Waals surface area (Å²) in [4.78, 5) is 23.1. The number of hydrogen-bond acceptors (Lipinski definition) is 6. The molecule has 0 aliphatic carbocycles. The normalized spacial score (nSPS) is 21.1. The van der Waals surface area contributed by atoms with Crippen LogP contribution in [0.1, 0.15) is 50.9 Å². The minimum atomic E-state index is -4.58. The van der Waals surface area contributed by atoms with E-state index in [1.54, 1.807) is 0 Å². The van der Waals surface area contributed by atoms with Gasteiger partial charge in [-0.15, -0.1) is 0 Å². The van der Waals surface area contributed by atoms with E-state index >= 15 is 0 Å². The predicted octanol–water partition coefficient (Wildman–Crippen LogP) is 4.70. The van der Waals surface area contributed by atoms with E-state index in [0.29, 0.717) is 9.95 Å². The van der Waals surface area contributed by atoms with Crippen molar-refractivity contribution >= 4 is 17.0 Å². The molecule has 188 valence electrons. The Bertz CT molecular complexity index is 1220. The zero-order valence-corrected chi connectivity index (χ0v) is 20.2. The number of pyridine rings is 1. The van der Waals surface area contributed by atoms with Gasteiger partial charge in [0, 0.05) is 37.3 Å². The molecule has 4 atom stereocenters. The number of nitrogens with zero attached hydrogens (tertiary/aromatic N) is 4. The highest BCUT2D eigenvalue weighted by atomic mass is 19.4. The molecule has 7 nitrogen and oxygen atoms in total. The highest BCUT2D eigenvalue weighted by molar-refractivity contribution is 5.75. The number of alkyl halides is 3. The van der Waals surface area contributed by atoms with Crippen LogP contribution in [-0.2, 0) is 11.3 Å². The summed E-state index contributed by atoms with van der Waals surface area (Å²) in [6.07, 6.45) is -2.74. The second-order valence-electron chi connectivity index (χ2n) is 9.29. The molecule has 1 fully saturated rings. The van der Waals surface area contributed by atoms with Crippen molar-refractivity contribution in [2.45, 2.75) is 64.7 Å². The van der Waals surface area contributed by atoms with Crippen molar-refractivity contribution < 1.29 is 17.9 Å². The fourth-order valence-electron chi connectivity index (χ4n) is 4.49. The van der Waals surface area contributed by atoms with E-state index in [-0.39, 0.29) is 29.8 Å². The molecule has 3 aromatic rings. The van der Waals surface area contributed by atoms with Crippen LogP contribution in [0.15, 0.2) is 47.4 Å². The van der Waals surface area contributed by atoms with Crippen LogP contribution in [0.2, 0.25) is 0 Å². The molecule has 35 heavy (non-hydrogen) atoms. The van der Waals surface area contributed by atoms with Gasteiger partial charge in [0.15, 0.2) is 0 Å². The molecule has 0 radical (unpaired) electrons. The van der Waals surface area contributed by atoms with Crippen LogP contribution >= 0.6 is 0 Å². The minimum Gasteiger partial charge on any atom is -0.373 e. The number of benzene rings is 1. The molecule has 0 bridgehead atoms. The summed E-state index contributed by atoms with van der Waals surface area (Å²) < 4.78 is 46.6. The molecule has 0 amide bonds. The van der Waals surface area contributed by atoms with E-state index in [1.165, 1.54) is 17.8 Å². The lowest BCUT2D eigenvalue weighted by Crippen LogP contribution is -2.44. The lowest BCUT2D eigenvalue weighted by atomic mass is 10.1. The van der Waals surface area contributed by atoms with E-state index < -0.39 is 17.8 Å². The number of aromatic nitrogens is 3. The molecular weight excluding hydrogens is 459 g/mol. The third kappa shape index (κ3) is 5.82. The summed E-state index contributed by atoms with van der Waals surface area (Å²) in [5.74, 6) is 0.152. The molecule has 3 heterocycles. The number of fused-ring (bicyclic) bond motifs is 1. The number of ether oxygens (including phenoxy) is 1. The van der Waals surface area contributed by atoms with E-state index in [1.807, 2.05) is 19.1 Å². The molecule has 1 aliphatic rings. The monoisotopic (exact) mass is 489 g/mol. The average molecular weight is 490 g/mol. The van der Waals surface area contributed by atoms with Gasteiger partial charge >= 0.3 is 6.18 Å². The van der Waals surface area contributed by atoms with E-state index in [0.717, 1.165) is 38.2 Å². The van der Waals surface area contributed by atoms with Crippen molar-refractivity contribution in [3.8, 4) is 0 Å². The third-order valence-electron chi connectivity index (χ3n) is 6.25. The number of rotatable bonds is 6. The first-order valence-electron chi connectivity index (χ1n) is 11.7. The molecule has 0 spiro atoms. The number of hydrogen-bond donors (Lipinski definition) is 1. The van der Waals surface area contributed by atoms with Crippen LogP contribution < -0.4 is 10.9 Å². The van der Waals surface area contributed by atoms with E-state index in [2.05, 4.69) is 46.2 Å². The van der Waals surface area contributed by atoms with E-state index in [4.69, 9.17) is 4.74 Å². The van der Waals surface area contributed by atoms with Crippen LogP contribution in [0.4, 0.5) is 19.1 Å². The van der Waals surface area contributed by atoms with Gasteiger partial charge in [-0.05, 0) is 44.9 Å². The van der Waals surface area contributed by atoms with Crippen molar-refractivity contribution in [1.29, 1.82) is 0 Å². The van der Waals surface area contributed by atoms with Gasteiger partial charge in [0.2, 0.25) is 5.95 Å². The Labute approximate surface area is 201 Å². The van der Waals surface area contributed by atoms with Gasteiger partial charge in [0.1, 0.15) is 11.7 Å². The van der Waals surface area contributed by atoms with Crippen molar-refractivity contribution in [3.05, 3.63) is 64.1 Å². The predicted molar refractivity (Wildman–Crippen MR) is 128 cm³/mol. The number of halogens is 3. The van der Waals surface area contributed by atoms with Gasteiger partial charge in [-0.3, -0.25) is 14.3 Å². The van der Waals surface area contributed by atoms with Crippen LogP contribution in [-0.4, -0.2) is 50.9 Å². The number of morpholine rings is 1. The number of nitrogens with one attached hydrogen (secondary N) is 1. The largest absolute Gasteiger partial charge is 0.409 e. The summed E-state index contributed by atoms with van der Waals surface area (Å²) in [6.45, 7) is 9.64. The van der Waals surface area contributed by atoms with Gasteiger partial charge in [-0.2, -0.15) is 18.2 Å². The number of anilines is 1. The highest BCUT2D eigenvalue weighted by Crippen LogP contribution is 2.31. The zero-order valence-electron chi connectivity index (χ0n) is 20.2. The molecule has 0 saturated carbocycles. The van der Waals surface area contributed by atoms with Crippen LogP contribution in [0.25, 0.3) is 11.0 Å². The molecular formula is C25H30F3N5O2. The van der Waals surface area contributed by atoms with Crippen LogP contribution in [0, 0.1) is 0 Å². The summed E-state index contributed by atoms with van der Waals surface area (Å²) in [7, 11) is 0. The lowest BCUT2D eigenvalue weighted by molar-refractivity contribution is -0.162. The van der Waals surface area contributed by atoms with Crippen molar-refractivity contribution in [3.63, 3.8) is 0 Å². The molecule has 2 unspecified atom stereocenters. The van der Waals surface area contributed by atoms with Crippen molar-refractivity contribution in [2.24, 2.45) is 0 Å². The molecule has 1 aliphatic heterocycles. The minimum absolute atomic E-state index is 0.0589. The molecule has 1 aromatic carbocycles. The average Bonchev–Trinajstić information content (AvgIpc) is 2.77. The first-order chi connectivity index (χ1) is 16.5. The fourth-order valence-corrected chi connectivity index (χ4v) is 4.49. The molecule has 2 aromatic heterocycles. The Morgan fingerprint density at radius 2 is 1.74 bits per heavy atom.